The number of carbonyl (C=O) groups excluding carboxylic acids is 1. The van der Waals surface area contributed by atoms with Crippen molar-refractivity contribution in [3.8, 4) is 11.3 Å². The number of rotatable bonds is 6. The highest BCUT2D eigenvalue weighted by Gasteiger charge is 2.22. The van der Waals surface area contributed by atoms with Gasteiger partial charge in [-0.05, 0) is 12.5 Å². The Hall–Kier alpha value is -2.99. The van der Waals surface area contributed by atoms with Crippen LogP contribution in [0.25, 0.3) is 11.3 Å². The predicted molar refractivity (Wildman–Crippen MR) is 94.9 cm³/mol. The summed E-state index contributed by atoms with van der Waals surface area (Å²) >= 11 is 0. The molecule has 2 unspecified atom stereocenters. The van der Waals surface area contributed by atoms with E-state index in [1.807, 2.05) is 60.7 Å². The van der Waals surface area contributed by atoms with Crippen LogP contribution in [0.4, 0.5) is 0 Å². The van der Waals surface area contributed by atoms with Crippen molar-refractivity contribution in [3.63, 3.8) is 0 Å². The summed E-state index contributed by atoms with van der Waals surface area (Å²) in [6.45, 7) is 1.77. The summed E-state index contributed by atoms with van der Waals surface area (Å²) in [4.78, 5) is 12.5. The zero-order chi connectivity index (χ0) is 17.6. The number of carbonyl (C=O) groups is 1. The molecule has 0 saturated carbocycles. The Morgan fingerprint density at radius 3 is 2.40 bits per heavy atom. The Balaban J connectivity index is 1.67. The summed E-state index contributed by atoms with van der Waals surface area (Å²) in [6.07, 6.45) is -0.231. The molecule has 0 aliphatic heterocycles. The van der Waals surface area contributed by atoms with Gasteiger partial charge in [0.05, 0.1) is 12.1 Å². The van der Waals surface area contributed by atoms with E-state index in [4.69, 9.17) is 0 Å². The second-order valence-electron chi connectivity index (χ2n) is 5.91. The molecule has 3 rings (SSSR count). The highest BCUT2D eigenvalue weighted by molar-refractivity contribution is 5.98. The van der Waals surface area contributed by atoms with Gasteiger partial charge < -0.3 is 10.4 Å². The van der Waals surface area contributed by atoms with Gasteiger partial charge >= 0.3 is 0 Å². The summed E-state index contributed by atoms with van der Waals surface area (Å²) in [5.41, 5.74) is 2.52. The smallest absolute Gasteiger partial charge is 0.274 e. The number of nitrogens with zero attached hydrogens (tertiary/aromatic N) is 2. The molecule has 25 heavy (non-hydrogen) atoms. The molecule has 0 aliphatic rings. The molecule has 0 aliphatic carbocycles. The molecule has 3 aromatic rings. The molecule has 3 N–H and O–H groups in total. The van der Waals surface area contributed by atoms with Gasteiger partial charge in [0.15, 0.2) is 5.69 Å². The third kappa shape index (κ3) is 4.10. The van der Waals surface area contributed by atoms with Crippen molar-refractivity contribution in [1.29, 1.82) is 0 Å². The van der Waals surface area contributed by atoms with Crippen molar-refractivity contribution in [1.82, 2.24) is 20.7 Å². The molecule has 1 aromatic heterocycles. The summed E-state index contributed by atoms with van der Waals surface area (Å²) in [7, 11) is 0. The lowest BCUT2D eigenvalue weighted by atomic mass is 10.0. The summed E-state index contributed by atoms with van der Waals surface area (Å²) in [5.74, 6) is -0.368. The fourth-order valence-electron chi connectivity index (χ4n) is 2.59. The Labute approximate surface area is 145 Å². The number of H-pyrrole nitrogens is 1. The SMILES string of the molecule is CC(NC(=O)c1n[nH]nc1-c1ccccc1)C(O)Cc1ccccc1. The van der Waals surface area contributed by atoms with Crippen LogP contribution in [0.15, 0.2) is 60.7 Å². The summed E-state index contributed by atoms with van der Waals surface area (Å²) in [5, 5.41) is 23.7. The van der Waals surface area contributed by atoms with Crippen molar-refractivity contribution >= 4 is 5.91 Å². The van der Waals surface area contributed by atoms with Crippen molar-refractivity contribution in [2.75, 3.05) is 0 Å². The van der Waals surface area contributed by atoms with Crippen LogP contribution in [0.2, 0.25) is 0 Å². The maximum atomic E-state index is 12.5. The topological polar surface area (TPSA) is 90.9 Å². The zero-order valence-electron chi connectivity index (χ0n) is 13.9. The molecule has 2 aromatic carbocycles. The molecule has 1 heterocycles. The van der Waals surface area contributed by atoms with E-state index >= 15 is 0 Å². The maximum absolute atomic E-state index is 12.5. The van der Waals surface area contributed by atoms with Gasteiger partial charge in [0.25, 0.3) is 5.91 Å². The fraction of sp³-hybridized carbons (Fsp3) is 0.211. The minimum absolute atomic E-state index is 0.213. The van der Waals surface area contributed by atoms with Gasteiger partial charge in [0.2, 0.25) is 0 Å². The molecule has 0 spiro atoms. The highest BCUT2D eigenvalue weighted by atomic mass is 16.3. The first-order valence-electron chi connectivity index (χ1n) is 8.14. The molecule has 2 atom stereocenters. The van der Waals surface area contributed by atoms with Crippen molar-refractivity contribution in [2.24, 2.45) is 0 Å². The Morgan fingerprint density at radius 2 is 1.72 bits per heavy atom. The van der Waals surface area contributed by atoms with Crippen LogP contribution in [0.3, 0.4) is 0 Å². The van der Waals surface area contributed by atoms with Crippen LogP contribution in [0.5, 0.6) is 0 Å². The van der Waals surface area contributed by atoms with Gasteiger partial charge in [-0.1, -0.05) is 60.7 Å². The van der Waals surface area contributed by atoms with Crippen LogP contribution in [0, 0.1) is 0 Å². The van der Waals surface area contributed by atoms with Crippen LogP contribution in [-0.2, 0) is 6.42 Å². The quantitative estimate of drug-likeness (QED) is 0.643. The molecule has 6 nitrogen and oxygen atoms in total. The number of hydrogen-bond acceptors (Lipinski definition) is 4. The number of aliphatic hydroxyl groups excluding tert-OH is 1. The minimum atomic E-state index is -0.696. The molecule has 0 saturated heterocycles. The van der Waals surface area contributed by atoms with E-state index in [-0.39, 0.29) is 11.6 Å². The average Bonchev–Trinajstić information content (AvgIpc) is 3.13. The van der Waals surface area contributed by atoms with E-state index in [2.05, 4.69) is 20.7 Å². The van der Waals surface area contributed by atoms with E-state index < -0.39 is 12.1 Å². The van der Waals surface area contributed by atoms with Crippen LogP contribution < -0.4 is 5.32 Å². The maximum Gasteiger partial charge on any atom is 0.274 e. The first kappa shape index (κ1) is 16.9. The number of aromatic nitrogens is 3. The van der Waals surface area contributed by atoms with Gasteiger partial charge in [0.1, 0.15) is 5.69 Å². The van der Waals surface area contributed by atoms with E-state index in [0.717, 1.165) is 11.1 Å². The summed E-state index contributed by atoms with van der Waals surface area (Å²) in [6, 6.07) is 18.6. The third-order valence-corrected chi connectivity index (χ3v) is 4.03. The lowest BCUT2D eigenvalue weighted by molar-refractivity contribution is 0.0847. The number of aliphatic hydroxyl groups is 1. The molecular weight excluding hydrogens is 316 g/mol. The standard InChI is InChI=1S/C19H20N4O2/c1-13(16(24)12-14-8-4-2-5-9-14)20-19(25)18-17(21-23-22-18)15-10-6-3-7-11-15/h2-11,13,16,24H,12H2,1H3,(H,20,25)(H,21,22,23). The normalized spacial score (nSPS) is 13.2. The lowest BCUT2D eigenvalue weighted by Gasteiger charge is -2.20. The van der Waals surface area contributed by atoms with Crippen LogP contribution in [0.1, 0.15) is 23.0 Å². The van der Waals surface area contributed by atoms with Crippen molar-refractivity contribution < 1.29 is 9.90 Å². The molecule has 128 valence electrons. The monoisotopic (exact) mass is 336 g/mol. The second-order valence-corrected chi connectivity index (χ2v) is 5.91. The van der Waals surface area contributed by atoms with E-state index in [9.17, 15) is 9.90 Å². The average molecular weight is 336 g/mol. The van der Waals surface area contributed by atoms with E-state index in [0.29, 0.717) is 12.1 Å². The second kappa shape index (κ2) is 7.72. The van der Waals surface area contributed by atoms with Gasteiger partial charge in [-0.3, -0.25) is 4.79 Å². The van der Waals surface area contributed by atoms with Crippen molar-refractivity contribution in [3.05, 3.63) is 71.9 Å². The number of hydrogen-bond donors (Lipinski definition) is 3. The van der Waals surface area contributed by atoms with E-state index in [1.165, 1.54) is 0 Å². The van der Waals surface area contributed by atoms with Gasteiger partial charge in [-0.25, -0.2) is 0 Å². The zero-order valence-corrected chi connectivity index (χ0v) is 13.9. The third-order valence-electron chi connectivity index (χ3n) is 4.03. The Morgan fingerprint density at radius 1 is 1.08 bits per heavy atom. The first-order valence-corrected chi connectivity index (χ1v) is 8.14. The molecule has 0 bridgehead atoms. The largest absolute Gasteiger partial charge is 0.391 e. The minimum Gasteiger partial charge on any atom is -0.391 e. The number of aromatic amines is 1. The fourth-order valence-corrected chi connectivity index (χ4v) is 2.59. The highest BCUT2D eigenvalue weighted by Crippen LogP contribution is 2.19. The van der Waals surface area contributed by atoms with Gasteiger partial charge in [-0.15, -0.1) is 0 Å². The molecule has 0 fully saturated rings. The molecule has 6 heteroatoms. The molecular formula is C19H20N4O2. The number of benzene rings is 2. The first-order chi connectivity index (χ1) is 12.1. The van der Waals surface area contributed by atoms with Crippen LogP contribution in [-0.4, -0.2) is 38.6 Å². The Kier molecular flexibility index (Phi) is 5.20. The summed E-state index contributed by atoms with van der Waals surface area (Å²) < 4.78 is 0. The lowest BCUT2D eigenvalue weighted by Crippen LogP contribution is -2.42. The van der Waals surface area contributed by atoms with Crippen molar-refractivity contribution in [2.45, 2.75) is 25.5 Å². The predicted octanol–water partition coefficient (Wildman–Crippen LogP) is 2.19. The molecule has 0 radical (unpaired) electrons. The molecule has 1 amide bonds. The van der Waals surface area contributed by atoms with E-state index in [1.54, 1.807) is 6.92 Å². The Bertz CT molecular complexity index is 818. The number of nitrogens with one attached hydrogen (secondary N) is 2. The van der Waals surface area contributed by atoms with Gasteiger partial charge in [-0.2, -0.15) is 15.4 Å². The van der Waals surface area contributed by atoms with Crippen LogP contribution >= 0.6 is 0 Å². The number of amides is 1. The van der Waals surface area contributed by atoms with Gasteiger partial charge in [0, 0.05) is 12.0 Å².